The smallest absolute Gasteiger partial charge is 0.214 e. The number of aromatic nitrogens is 2. The van der Waals surface area contributed by atoms with Crippen molar-refractivity contribution in [2.45, 2.75) is 38.2 Å². The van der Waals surface area contributed by atoms with Crippen LogP contribution in [0.3, 0.4) is 0 Å². The molecule has 4 nitrogen and oxygen atoms in total. The molecule has 3 rings (SSSR count). The van der Waals surface area contributed by atoms with E-state index in [1.54, 1.807) is 0 Å². The van der Waals surface area contributed by atoms with Crippen molar-refractivity contribution in [2.24, 2.45) is 0 Å². The van der Waals surface area contributed by atoms with Crippen LogP contribution in [0.4, 0.5) is 0 Å². The summed E-state index contributed by atoms with van der Waals surface area (Å²) in [6.07, 6.45) is 7.68. The van der Waals surface area contributed by atoms with Crippen molar-refractivity contribution in [1.82, 2.24) is 10.1 Å². The van der Waals surface area contributed by atoms with Crippen molar-refractivity contribution in [3.05, 3.63) is 29.6 Å². The van der Waals surface area contributed by atoms with Gasteiger partial charge in [0.2, 0.25) is 12.2 Å². The van der Waals surface area contributed by atoms with Gasteiger partial charge in [0, 0.05) is 5.56 Å². The quantitative estimate of drug-likeness (QED) is 0.848. The fourth-order valence-corrected chi connectivity index (χ4v) is 2.67. The Labute approximate surface area is 116 Å². The number of ether oxygens (including phenoxy) is 1. The molecular weight excluding hydrogens is 264 g/mol. The highest BCUT2D eigenvalue weighted by atomic mass is 35.5. The summed E-state index contributed by atoms with van der Waals surface area (Å²) < 4.78 is 10.7. The van der Waals surface area contributed by atoms with E-state index in [1.165, 1.54) is 25.7 Å². The first-order chi connectivity index (χ1) is 9.33. The first kappa shape index (κ1) is 12.5. The molecule has 0 unspecified atom stereocenters. The SMILES string of the molecule is Clc1cc(OC2CCCCC2)ccc1-c1ncon1. The molecule has 19 heavy (non-hydrogen) atoms. The van der Waals surface area contributed by atoms with Crippen LogP contribution in [0.5, 0.6) is 5.75 Å². The maximum Gasteiger partial charge on any atom is 0.214 e. The molecule has 0 amide bonds. The van der Waals surface area contributed by atoms with Gasteiger partial charge in [-0.05, 0) is 43.9 Å². The number of rotatable bonds is 3. The maximum atomic E-state index is 6.24. The van der Waals surface area contributed by atoms with Gasteiger partial charge in [-0.2, -0.15) is 4.98 Å². The van der Waals surface area contributed by atoms with Gasteiger partial charge in [0.25, 0.3) is 0 Å². The van der Waals surface area contributed by atoms with E-state index in [1.807, 2.05) is 18.2 Å². The van der Waals surface area contributed by atoms with Gasteiger partial charge < -0.3 is 9.26 Å². The number of hydrogen-bond acceptors (Lipinski definition) is 4. The molecule has 0 N–H and O–H groups in total. The summed E-state index contributed by atoms with van der Waals surface area (Å²) in [5.41, 5.74) is 0.756. The monoisotopic (exact) mass is 278 g/mol. The summed E-state index contributed by atoms with van der Waals surface area (Å²) >= 11 is 6.24. The summed E-state index contributed by atoms with van der Waals surface area (Å²) in [4.78, 5) is 3.99. The zero-order valence-corrected chi connectivity index (χ0v) is 11.3. The highest BCUT2D eigenvalue weighted by molar-refractivity contribution is 6.33. The highest BCUT2D eigenvalue weighted by Crippen LogP contribution is 2.31. The molecule has 0 atom stereocenters. The largest absolute Gasteiger partial charge is 0.490 e. The van der Waals surface area contributed by atoms with Crippen molar-refractivity contribution >= 4 is 11.6 Å². The molecule has 0 bridgehead atoms. The van der Waals surface area contributed by atoms with Gasteiger partial charge in [0.15, 0.2) is 0 Å². The van der Waals surface area contributed by atoms with Crippen LogP contribution in [0, 0.1) is 0 Å². The van der Waals surface area contributed by atoms with Crippen LogP contribution in [0.1, 0.15) is 32.1 Å². The van der Waals surface area contributed by atoms with Gasteiger partial charge in [-0.25, -0.2) is 0 Å². The van der Waals surface area contributed by atoms with Crippen molar-refractivity contribution in [1.29, 1.82) is 0 Å². The van der Waals surface area contributed by atoms with Gasteiger partial charge in [-0.1, -0.05) is 23.2 Å². The Morgan fingerprint density at radius 3 is 2.74 bits per heavy atom. The van der Waals surface area contributed by atoms with Crippen LogP contribution < -0.4 is 4.74 Å². The zero-order valence-electron chi connectivity index (χ0n) is 10.5. The minimum Gasteiger partial charge on any atom is -0.490 e. The summed E-state index contributed by atoms with van der Waals surface area (Å²) in [6, 6.07) is 5.60. The molecule has 0 radical (unpaired) electrons. The minimum absolute atomic E-state index is 0.320. The second-order valence-electron chi connectivity index (χ2n) is 4.77. The Balaban J connectivity index is 1.75. The molecular formula is C14H15ClN2O2. The molecule has 1 heterocycles. The maximum absolute atomic E-state index is 6.24. The molecule has 1 saturated carbocycles. The third-order valence-corrected chi connectivity index (χ3v) is 3.71. The molecule has 1 aliphatic rings. The van der Waals surface area contributed by atoms with Gasteiger partial charge in [-0.15, -0.1) is 0 Å². The van der Waals surface area contributed by atoms with Crippen molar-refractivity contribution < 1.29 is 9.26 Å². The van der Waals surface area contributed by atoms with Crippen molar-refractivity contribution in [2.75, 3.05) is 0 Å². The zero-order chi connectivity index (χ0) is 13.1. The third-order valence-electron chi connectivity index (χ3n) is 3.40. The van der Waals surface area contributed by atoms with Gasteiger partial charge in [0.05, 0.1) is 11.1 Å². The van der Waals surface area contributed by atoms with Crippen LogP contribution in [0.2, 0.25) is 5.02 Å². The van der Waals surface area contributed by atoms with E-state index in [0.717, 1.165) is 24.2 Å². The highest BCUT2D eigenvalue weighted by Gasteiger charge is 2.16. The van der Waals surface area contributed by atoms with Gasteiger partial charge in [0.1, 0.15) is 5.75 Å². The van der Waals surface area contributed by atoms with E-state index in [0.29, 0.717) is 17.0 Å². The second-order valence-corrected chi connectivity index (χ2v) is 5.18. The Morgan fingerprint density at radius 2 is 2.05 bits per heavy atom. The summed E-state index contributed by atoms with van der Waals surface area (Å²) in [7, 11) is 0. The van der Waals surface area contributed by atoms with Crippen LogP contribution in [-0.4, -0.2) is 16.2 Å². The number of nitrogens with zero attached hydrogens (tertiary/aromatic N) is 2. The number of benzene rings is 1. The van der Waals surface area contributed by atoms with E-state index < -0.39 is 0 Å². The third kappa shape index (κ3) is 2.89. The molecule has 1 fully saturated rings. The van der Waals surface area contributed by atoms with Crippen molar-refractivity contribution in [3.8, 4) is 17.1 Å². The first-order valence-electron chi connectivity index (χ1n) is 6.56. The Morgan fingerprint density at radius 1 is 1.21 bits per heavy atom. The molecule has 100 valence electrons. The average molecular weight is 279 g/mol. The lowest BCUT2D eigenvalue weighted by Crippen LogP contribution is -2.19. The van der Waals surface area contributed by atoms with Crippen molar-refractivity contribution in [3.63, 3.8) is 0 Å². The summed E-state index contributed by atoms with van der Waals surface area (Å²) in [5, 5.41) is 4.36. The number of halogens is 1. The van der Waals surface area contributed by atoms with E-state index >= 15 is 0 Å². The first-order valence-corrected chi connectivity index (χ1v) is 6.93. The van der Waals surface area contributed by atoms with Gasteiger partial charge in [-0.3, -0.25) is 0 Å². The van der Waals surface area contributed by atoms with E-state index in [4.69, 9.17) is 20.9 Å². The molecule has 0 aliphatic heterocycles. The molecule has 1 aromatic heterocycles. The minimum atomic E-state index is 0.320. The Bertz CT molecular complexity index is 536. The number of hydrogen-bond donors (Lipinski definition) is 0. The fraction of sp³-hybridized carbons (Fsp3) is 0.429. The standard InChI is InChI=1S/C14H15ClN2O2/c15-13-8-11(19-10-4-2-1-3-5-10)6-7-12(13)14-16-9-18-17-14/h6-10H,1-5H2. The van der Waals surface area contributed by atoms with Crippen LogP contribution in [0.15, 0.2) is 29.1 Å². The summed E-state index contributed by atoms with van der Waals surface area (Å²) in [5.74, 6) is 1.30. The normalized spacial score (nSPS) is 16.5. The molecule has 0 spiro atoms. The Hall–Kier alpha value is -1.55. The topological polar surface area (TPSA) is 48.2 Å². The molecule has 5 heteroatoms. The summed E-state index contributed by atoms with van der Waals surface area (Å²) in [6.45, 7) is 0. The lowest BCUT2D eigenvalue weighted by molar-refractivity contribution is 0.155. The van der Waals surface area contributed by atoms with E-state index in [2.05, 4.69) is 10.1 Å². The molecule has 1 aliphatic carbocycles. The van der Waals surface area contributed by atoms with Crippen LogP contribution in [-0.2, 0) is 0 Å². The predicted molar refractivity (Wildman–Crippen MR) is 72.2 cm³/mol. The van der Waals surface area contributed by atoms with Gasteiger partial charge >= 0.3 is 0 Å². The lowest BCUT2D eigenvalue weighted by Gasteiger charge is -2.23. The van der Waals surface area contributed by atoms with Crippen LogP contribution in [0.25, 0.3) is 11.4 Å². The fourth-order valence-electron chi connectivity index (χ4n) is 2.42. The van der Waals surface area contributed by atoms with Crippen LogP contribution >= 0.6 is 11.6 Å². The Kier molecular flexibility index (Phi) is 3.69. The second kappa shape index (κ2) is 5.61. The molecule has 2 aromatic rings. The lowest BCUT2D eigenvalue weighted by atomic mass is 9.98. The van der Waals surface area contributed by atoms with E-state index in [9.17, 15) is 0 Å². The average Bonchev–Trinajstić information content (AvgIpc) is 2.94. The predicted octanol–water partition coefficient (Wildman–Crippen LogP) is 4.10. The van der Waals surface area contributed by atoms with E-state index in [-0.39, 0.29) is 0 Å². The molecule has 1 aromatic carbocycles. The molecule has 0 saturated heterocycles.